The first-order valence-corrected chi connectivity index (χ1v) is 12.2. The Morgan fingerprint density at radius 2 is 1.72 bits per heavy atom. The van der Waals surface area contributed by atoms with Gasteiger partial charge in [-0.15, -0.1) is 10.2 Å². The maximum Gasteiger partial charge on any atom is 0.278 e. The van der Waals surface area contributed by atoms with E-state index in [1.54, 1.807) is 24.5 Å². The Morgan fingerprint density at radius 3 is 2.33 bits per heavy atom. The molecule has 2 bridgehead atoms. The van der Waals surface area contributed by atoms with E-state index in [4.69, 9.17) is 9.47 Å². The lowest BCUT2D eigenvalue weighted by atomic mass is 9.69. The predicted molar refractivity (Wildman–Crippen MR) is 136 cm³/mol. The number of fused-ring (bicyclic) bond motifs is 2. The number of rotatable bonds is 6. The van der Waals surface area contributed by atoms with E-state index in [1.807, 2.05) is 6.07 Å². The van der Waals surface area contributed by atoms with Gasteiger partial charge in [0.25, 0.3) is 11.8 Å². The molecule has 190 valence electrons. The normalized spacial score (nSPS) is 25.3. The number of aromatic hydroxyl groups is 1. The summed E-state index contributed by atoms with van der Waals surface area (Å²) in [5.41, 5.74) is 2.01. The minimum absolute atomic E-state index is 0.0269. The van der Waals surface area contributed by atoms with Gasteiger partial charge in [0, 0.05) is 29.7 Å². The first-order chi connectivity index (χ1) is 17.2. The quantitative estimate of drug-likeness (QED) is 0.529. The van der Waals surface area contributed by atoms with Gasteiger partial charge in [0.15, 0.2) is 11.6 Å². The fraction of sp³-hybridized carbons (Fsp3) is 0.500. The van der Waals surface area contributed by atoms with Gasteiger partial charge in [-0.05, 0) is 58.1 Å². The monoisotopic (exact) mass is 491 g/mol. The molecule has 2 aromatic heterocycles. The molecule has 0 aliphatic carbocycles. The van der Waals surface area contributed by atoms with Crippen LogP contribution in [-0.2, 0) is 0 Å². The number of aromatic nitrogens is 5. The van der Waals surface area contributed by atoms with E-state index in [1.165, 1.54) is 33.5 Å². The third-order valence-electron chi connectivity index (χ3n) is 7.52. The largest absolute Gasteiger partial charge is 0.507 e. The molecule has 0 radical (unpaired) electrons. The highest BCUT2D eigenvalue weighted by Gasteiger charge is 2.46. The zero-order chi connectivity index (χ0) is 25.5. The average molecular weight is 492 g/mol. The first-order valence-electron chi connectivity index (χ1n) is 12.2. The van der Waals surface area contributed by atoms with Crippen molar-refractivity contribution < 1.29 is 14.6 Å². The molecule has 2 fully saturated rings. The molecule has 4 heterocycles. The van der Waals surface area contributed by atoms with Gasteiger partial charge in [-0.2, -0.15) is 0 Å². The third kappa shape index (κ3) is 4.53. The van der Waals surface area contributed by atoms with Crippen molar-refractivity contribution in [2.24, 2.45) is 0 Å². The molecular formula is C26H33N7O3. The van der Waals surface area contributed by atoms with E-state index in [0.29, 0.717) is 34.6 Å². The number of phenols is 1. The van der Waals surface area contributed by atoms with Gasteiger partial charge in [0.2, 0.25) is 0 Å². The van der Waals surface area contributed by atoms with Gasteiger partial charge < -0.3 is 24.8 Å². The molecule has 2 aliphatic rings. The van der Waals surface area contributed by atoms with E-state index in [2.05, 4.69) is 56.3 Å². The third-order valence-corrected chi connectivity index (χ3v) is 7.52. The zero-order valence-electron chi connectivity index (χ0n) is 21.4. The van der Waals surface area contributed by atoms with Crippen LogP contribution in [0, 0.1) is 0 Å². The highest BCUT2D eigenvalue weighted by atomic mass is 16.5. The summed E-state index contributed by atoms with van der Waals surface area (Å²) >= 11 is 0. The maximum atomic E-state index is 10.7. The Labute approximate surface area is 211 Å². The summed E-state index contributed by atoms with van der Waals surface area (Å²) in [6.45, 7) is 4.66. The molecule has 3 atom stereocenters. The fourth-order valence-corrected chi connectivity index (χ4v) is 5.81. The number of ether oxygens (including phenoxy) is 2. The van der Waals surface area contributed by atoms with Crippen molar-refractivity contribution in [3.05, 3.63) is 30.6 Å². The second kappa shape index (κ2) is 9.16. The number of hydrogen-bond donors (Lipinski definition) is 2. The van der Waals surface area contributed by atoms with Crippen LogP contribution in [0.15, 0.2) is 30.6 Å². The van der Waals surface area contributed by atoms with Crippen LogP contribution >= 0.6 is 0 Å². The molecule has 2 N–H and O–H groups in total. The van der Waals surface area contributed by atoms with Crippen molar-refractivity contribution in [3.63, 3.8) is 0 Å². The maximum absolute atomic E-state index is 10.7. The smallest absolute Gasteiger partial charge is 0.278 e. The average Bonchev–Trinajstić information content (AvgIpc) is 2.86. The van der Waals surface area contributed by atoms with Crippen molar-refractivity contribution in [1.29, 1.82) is 0 Å². The van der Waals surface area contributed by atoms with Crippen molar-refractivity contribution in [2.75, 3.05) is 26.2 Å². The number of benzene rings is 1. The summed E-state index contributed by atoms with van der Waals surface area (Å²) in [6, 6.07) is 5.53. The highest BCUT2D eigenvalue weighted by Crippen LogP contribution is 2.42. The van der Waals surface area contributed by atoms with Gasteiger partial charge in [0.1, 0.15) is 5.75 Å². The van der Waals surface area contributed by atoms with Gasteiger partial charge in [-0.25, -0.2) is 15.0 Å². The topological polar surface area (TPSA) is 118 Å². The SMILES string of the molecule is COc1ncc(-c2ccc(-c3ncc(N(C)[C@H]4C[C@]5(C)CCC[C@](C)(C4)N5)nn3)c(O)c2)nc1OC. The van der Waals surface area contributed by atoms with Crippen LogP contribution in [0.2, 0.25) is 0 Å². The summed E-state index contributed by atoms with van der Waals surface area (Å²) in [5.74, 6) is 1.68. The van der Waals surface area contributed by atoms with E-state index in [-0.39, 0.29) is 22.7 Å². The van der Waals surface area contributed by atoms with Crippen LogP contribution in [0.5, 0.6) is 17.5 Å². The highest BCUT2D eigenvalue weighted by molar-refractivity contribution is 5.71. The minimum Gasteiger partial charge on any atom is -0.507 e. The fourth-order valence-electron chi connectivity index (χ4n) is 5.81. The van der Waals surface area contributed by atoms with Gasteiger partial charge in [0.05, 0.1) is 37.9 Å². The molecule has 0 amide bonds. The molecule has 2 aliphatic heterocycles. The van der Waals surface area contributed by atoms with Crippen molar-refractivity contribution in [1.82, 2.24) is 30.5 Å². The van der Waals surface area contributed by atoms with Crippen LogP contribution in [-0.4, -0.2) is 68.6 Å². The molecule has 10 heteroatoms. The Morgan fingerprint density at radius 1 is 1.00 bits per heavy atom. The Hall–Kier alpha value is -3.53. The van der Waals surface area contributed by atoms with Crippen molar-refractivity contribution in [3.8, 4) is 40.2 Å². The van der Waals surface area contributed by atoms with E-state index in [9.17, 15) is 5.11 Å². The van der Waals surface area contributed by atoms with Crippen LogP contribution in [0.25, 0.3) is 22.6 Å². The van der Waals surface area contributed by atoms with Crippen LogP contribution < -0.4 is 19.7 Å². The molecule has 5 rings (SSSR count). The molecule has 0 saturated carbocycles. The summed E-state index contributed by atoms with van der Waals surface area (Å²) in [6.07, 6.45) is 9.08. The standard InChI is InChI=1S/C26H33N7O3/c1-25-9-6-10-26(2,32-25)13-17(12-25)33(3)21-15-27-22(31-30-21)18-8-7-16(11-20(18)34)19-14-28-23(35-4)24(29-19)36-5/h7-8,11,14-15,17,32,34H,6,9-10,12-13H2,1-5H3/t17-,25-,26+. The number of methoxy groups -OCH3 is 2. The van der Waals surface area contributed by atoms with E-state index < -0.39 is 0 Å². The summed E-state index contributed by atoms with van der Waals surface area (Å²) in [4.78, 5) is 15.3. The summed E-state index contributed by atoms with van der Waals surface area (Å²) in [7, 11) is 5.07. The zero-order valence-corrected chi connectivity index (χ0v) is 21.4. The number of anilines is 1. The first kappa shape index (κ1) is 24.2. The van der Waals surface area contributed by atoms with Crippen LogP contribution in [0.4, 0.5) is 5.82 Å². The molecule has 2 saturated heterocycles. The van der Waals surface area contributed by atoms with Crippen LogP contribution in [0.1, 0.15) is 46.0 Å². The minimum atomic E-state index is 0.0269. The van der Waals surface area contributed by atoms with E-state index in [0.717, 1.165) is 18.7 Å². The second-order valence-electron chi connectivity index (χ2n) is 10.4. The predicted octanol–water partition coefficient (Wildman–Crippen LogP) is 3.61. The molecule has 0 unspecified atom stereocenters. The number of nitrogens with zero attached hydrogens (tertiary/aromatic N) is 6. The molecule has 1 aromatic carbocycles. The number of hydrogen-bond acceptors (Lipinski definition) is 10. The van der Waals surface area contributed by atoms with Crippen molar-refractivity contribution in [2.45, 2.75) is 63.1 Å². The van der Waals surface area contributed by atoms with Crippen molar-refractivity contribution >= 4 is 5.82 Å². The Bertz CT molecular complexity index is 1240. The summed E-state index contributed by atoms with van der Waals surface area (Å²) in [5, 5.41) is 23.4. The van der Waals surface area contributed by atoms with E-state index >= 15 is 0 Å². The molecule has 36 heavy (non-hydrogen) atoms. The lowest BCUT2D eigenvalue weighted by Gasteiger charge is -2.55. The molecular weight excluding hydrogens is 458 g/mol. The second-order valence-corrected chi connectivity index (χ2v) is 10.4. The van der Waals surface area contributed by atoms with Gasteiger partial charge in [-0.3, -0.25) is 0 Å². The Kier molecular flexibility index (Phi) is 6.15. The number of piperidine rings is 2. The lowest BCUT2D eigenvalue weighted by molar-refractivity contribution is 0.0784. The molecule has 0 spiro atoms. The van der Waals surface area contributed by atoms with Crippen LogP contribution in [0.3, 0.4) is 0 Å². The number of phenolic OH excluding ortho intramolecular Hbond substituents is 1. The molecule has 3 aromatic rings. The Balaban J connectivity index is 1.35. The number of nitrogens with one attached hydrogen (secondary N) is 1. The lowest BCUT2D eigenvalue weighted by Crippen LogP contribution is -2.66. The molecule has 10 nitrogen and oxygen atoms in total. The van der Waals surface area contributed by atoms with Gasteiger partial charge in [-0.1, -0.05) is 6.07 Å². The summed E-state index contributed by atoms with van der Waals surface area (Å²) < 4.78 is 10.4. The van der Waals surface area contributed by atoms with Gasteiger partial charge >= 0.3 is 0 Å².